The van der Waals surface area contributed by atoms with Crippen molar-refractivity contribution >= 4 is 35.8 Å². The number of rotatable bonds is 9. The van der Waals surface area contributed by atoms with Crippen LogP contribution in [0.4, 0.5) is 0 Å². The van der Waals surface area contributed by atoms with E-state index in [-0.39, 0.29) is 29.9 Å². The molecule has 0 unspecified atom stereocenters. The Morgan fingerprint density at radius 2 is 1.76 bits per heavy atom. The summed E-state index contributed by atoms with van der Waals surface area (Å²) in [5, 5.41) is 9.42. The van der Waals surface area contributed by atoms with E-state index in [4.69, 9.17) is 4.74 Å². The normalized spacial score (nSPS) is 10.7. The predicted octanol–water partition coefficient (Wildman–Crippen LogP) is 3.36. The van der Waals surface area contributed by atoms with Crippen LogP contribution in [0.25, 0.3) is 0 Å². The van der Waals surface area contributed by atoms with Gasteiger partial charge in [-0.15, -0.1) is 24.0 Å². The second-order valence-corrected chi connectivity index (χ2v) is 6.24. The van der Waals surface area contributed by atoms with Crippen LogP contribution in [0.5, 0.6) is 5.75 Å². The van der Waals surface area contributed by atoms with Gasteiger partial charge in [-0.1, -0.05) is 30.3 Å². The first-order valence-corrected chi connectivity index (χ1v) is 9.69. The number of para-hydroxylation sites is 1. The van der Waals surface area contributed by atoms with E-state index in [1.165, 1.54) is 0 Å². The average Bonchev–Trinajstić information content (AvgIpc) is 2.72. The van der Waals surface area contributed by atoms with Gasteiger partial charge >= 0.3 is 0 Å². The summed E-state index contributed by atoms with van der Waals surface area (Å²) < 4.78 is 5.40. The van der Waals surface area contributed by atoms with Gasteiger partial charge in [0.2, 0.25) is 0 Å². The van der Waals surface area contributed by atoms with E-state index in [1.54, 1.807) is 7.11 Å². The summed E-state index contributed by atoms with van der Waals surface area (Å²) in [5.41, 5.74) is 2.80. The fraction of sp³-hybridized carbons (Fsp3) is 0.364. The molecule has 6 nitrogen and oxygen atoms in total. The van der Waals surface area contributed by atoms with Crippen LogP contribution < -0.4 is 20.7 Å². The molecule has 0 aliphatic heterocycles. The highest BCUT2D eigenvalue weighted by Gasteiger charge is 2.05. The first-order chi connectivity index (χ1) is 13.7. The zero-order valence-corrected chi connectivity index (χ0v) is 19.7. The smallest absolute Gasteiger partial charge is 0.251 e. The van der Waals surface area contributed by atoms with Crippen LogP contribution in [0.1, 0.15) is 35.3 Å². The number of nitrogens with zero attached hydrogens (tertiary/aromatic N) is 1. The first-order valence-electron chi connectivity index (χ1n) is 9.69. The predicted molar refractivity (Wildman–Crippen MR) is 129 cm³/mol. The second kappa shape index (κ2) is 13.8. The van der Waals surface area contributed by atoms with E-state index < -0.39 is 0 Å². The van der Waals surface area contributed by atoms with Crippen LogP contribution in [0.15, 0.2) is 53.5 Å². The summed E-state index contributed by atoms with van der Waals surface area (Å²) in [6.45, 7) is 6.57. The second-order valence-electron chi connectivity index (χ2n) is 6.24. The average molecular weight is 510 g/mol. The molecule has 1 amide bonds. The van der Waals surface area contributed by atoms with Crippen molar-refractivity contribution in [3.63, 3.8) is 0 Å². The van der Waals surface area contributed by atoms with E-state index in [0.717, 1.165) is 42.3 Å². The number of nitrogens with one attached hydrogen (secondary N) is 3. The summed E-state index contributed by atoms with van der Waals surface area (Å²) in [4.78, 5) is 16.6. The van der Waals surface area contributed by atoms with Crippen LogP contribution in [-0.2, 0) is 13.0 Å². The molecule has 3 N–H and O–H groups in total. The van der Waals surface area contributed by atoms with E-state index in [1.807, 2.05) is 56.3 Å². The number of ether oxygens (including phenoxy) is 1. The Bertz CT molecular complexity index is 796. The molecule has 2 aromatic rings. The summed E-state index contributed by atoms with van der Waals surface area (Å²) in [6.07, 6.45) is 0.834. The minimum Gasteiger partial charge on any atom is -0.496 e. The number of carbonyl (C=O) groups is 1. The highest BCUT2D eigenvalue weighted by atomic mass is 127. The van der Waals surface area contributed by atoms with E-state index >= 15 is 0 Å². The number of carbonyl (C=O) groups excluding carboxylic acids is 1. The molecule has 2 aromatic carbocycles. The zero-order valence-electron chi connectivity index (χ0n) is 17.3. The molecule has 0 fully saturated rings. The molecule has 0 spiro atoms. The van der Waals surface area contributed by atoms with Gasteiger partial charge in [-0.3, -0.25) is 4.79 Å². The fourth-order valence-electron chi connectivity index (χ4n) is 2.81. The lowest BCUT2D eigenvalue weighted by Gasteiger charge is -2.13. The van der Waals surface area contributed by atoms with Crippen LogP contribution in [-0.4, -0.2) is 38.6 Å². The summed E-state index contributed by atoms with van der Waals surface area (Å²) >= 11 is 0. The molecule has 0 aliphatic carbocycles. The SMILES string of the molecule is CCNC(=O)c1cccc(CN=C(NCC)NCCc2ccccc2OC)c1.I. The van der Waals surface area contributed by atoms with Crippen molar-refractivity contribution in [3.8, 4) is 5.75 Å². The van der Waals surface area contributed by atoms with Gasteiger partial charge in [0.15, 0.2) is 5.96 Å². The highest BCUT2D eigenvalue weighted by Crippen LogP contribution is 2.17. The van der Waals surface area contributed by atoms with E-state index in [9.17, 15) is 4.79 Å². The third-order valence-electron chi connectivity index (χ3n) is 4.17. The minimum absolute atomic E-state index is 0. The Hall–Kier alpha value is -2.29. The molecule has 29 heavy (non-hydrogen) atoms. The molecule has 7 heteroatoms. The van der Waals surface area contributed by atoms with Crippen molar-refractivity contribution < 1.29 is 9.53 Å². The number of benzene rings is 2. The molecule has 0 saturated heterocycles. The van der Waals surface area contributed by atoms with Crippen molar-refractivity contribution in [1.82, 2.24) is 16.0 Å². The van der Waals surface area contributed by atoms with Crippen LogP contribution in [0.3, 0.4) is 0 Å². The van der Waals surface area contributed by atoms with Crippen LogP contribution >= 0.6 is 24.0 Å². The van der Waals surface area contributed by atoms with Gasteiger partial charge in [0.25, 0.3) is 5.91 Å². The van der Waals surface area contributed by atoms with Crippen molar-refractivity contribution in [2.24, 2.45) is 4.99 Å². The Balaban J connectivity index is 0.00000420. The molecular weight excluding hydrogens is 479 g/mol. The summed E-state index contributed by atoms with van der Waals surface area (Å²) in [6, 6.07) is 15.6. The Morgan fingerprint density at radius 1 is 1.00 bits per heavy atom. The van der Waals surface area contributed by atoms with Crippen molar-refractivity contribution in [2.45, 2.75) is 26.8 Å². The molecule has 0 saturated carbocycles. The molecular formula is C22H31IN4O2. The van der Waals surface area contributed by atoms with E-state index in [2.05, 4.69) is 27.0 Å². The van der Waals surface area contributed by atoms with Gasteiger partial charge < -0.3 is 20.7 Å². The summed E-state index contributed by atoms with van der Waals surface area (Å²) in [5.74, 6) is 1.59. The summed E-state index contributed by atoms with van der Waals surface area (Å²) in [7, 11) is 1.69. The standard InChI is InChI=1S/C22H30N4O2.HI/c1-4-23-21(27)19-11-8-9-17(15-19)16-26-22(24-5-2)25-14-13-18-10-6-7-12-20(18)28-3;/h6-12,15H,4-5,13-14,16H2,1-3H3,(H,23,27)(H2,24,25,26);1H. The first kappa shape index (κ1) is 24.7. The number of hydrogen-bond acceptors (Lipinski definition) is 3. The molecule has 0 radical (unpaired) electrons. The van der Waals surface area contributed by atoms with Crippen LogP contribution in [0, 0.1) is 0 Å². The molecule has 0 aromatic heterocycles. The number of amides is 1. The van der Waals surface area contributed by atoms with Crippen molar-refractivity contribution in [1.29, 1.82) is 0 Å². The fourth-order valence-corrected chi connectivity index (χ4v) is 2.81. The third kappa shape index (κ3) is 8.31. The lowest BCUT2D eigenvalue weighted by atomic mass is 10.1. The van der Waals surface area contributed by atoms with Gasteiger partial charge in [0, 0.05) is 25.2 Å². The molecule has 0 heterocycles. The topological polar surface area (TPSA) is 74.8 Å². The molecule has 0 aliphatic rings. The third-order valence-corrected chi connectivity index (χ3v) is 4.17. The number of hydrogen-bond donors (Lipinski definition) is 3. The molecule has 0 bridgehead atoms. The molecule has 0 atom stereocenters. The van der Waals surface area contributed by atoms with Gasteiger partial charge in [0.05, 0.1) is 13.7 Å². The van der Waals surface area contributed by atoms with E-state index in [0.29, 0.717) is 18.7 Å². The molecule has 158 valence electrons. The monoisotopic (exact) mass is 510 g/mol. The Labute approximate surface area is 190 Å². The zero-order chi connectivity index (χ0) is 20.2. The maximum atomic E-state index is 12.0. The highest BCUT2D eigenvalue weighted by molar-refractivity contribution is 14.0. The van der Waals surface area contributed by atoms with Crippen LogP contribution in [0.2, 0.25) is 0 Å². The minimum atomic E-state index is -0.0600. The quantitative estimate of drug-likeness (QED) is 0.275. The number of halogens is 1. The van der Waals surface area contributed by atoms with Gasteiger partial charge in [-0.25, -0.2) is 4.99 Å². The molecule has 2 rings (SSSR count). The lowest BCUT2D eigenvalue weighted by Crippen LogP contribution is -2.38. The van der Waals surface area contributed by atoms with Gasteiger partial charge in [-0.2, -0.15) is 0 Å². The van der Waals surface area contributed by atoms with Gasteiger partial charge in [0.1, 0.15) is 5.75 Å². The Morgan fingerprint density at radius 3 is 2.48 bits per heavy atom. The van der Waals surface area contributed by atoms with Crippen molar-refractivity contribution in [2.75, 3.05) is 26.7 Å². The largest absolute Gasteiger partial charge is 0.496 e. The number of guanidine groups is 1. The number of methoxy groups -OCH3 is 1. The van der Waals surface area contributed by atoms with Gasteiger partial charge in [-0.05, 0) is 49.6 Å². The lowest BCUT2D eigenvalue weighted by molar-refractivity contribution is 0.0955. The Kier molecular flexibility index (Phi) is 11.8. The maximum absolute atomic E-state index is 12.0. The van der Waals surface area contributed by atoms with Crippen molar-refractivity contribution in [3.05, 3.63) is 65.2 Å². The maximum Gasteiger partial charge on any atom is 0.251 e. The number of aliphatic imine (C=N–C) groups is 1.